The molecular weight excluding hydrogens is 231 g/mol. The second kappa shape index (κ2) is 5.14. The highest BCUT2D eigenvalue weighted by Gasteiger charge is 2.15. The summed E-state index contributed by atoms with van der Waals surface area (Å²) >= 11 is 0. The van der Waals surface area contributed by atoms with Crippen LogP contribution in [-0.4, -0.2) is 24.2 Å². The fraction of sp³-hybridized carbons (Fsp3) is 0.214. The van der Waals surface area contributed by atoms with E-state index >= 15 is 0 Å². The van der Waals surface area contributed by atoms with Crippen LogP contribution in [0.5, 0.6) is 0 Å². The van der Waals surface area contributed by atoms with Crippen molar-refractivity contribution in [1.82, 2.24) is 4.98 Å². The third-order valence-electron chi connectivity index (χ3n) is 2.80. The van der Waals surface area contributed by atoms with E-state index in [1.165, 1.54) is 12.3 Å². The van der Waals surface area contributed by atoms with Crippen LogP contribution in [0.1, 0.15) is 17.2 Å². The predicted molar refractivity (Wildman–Crippen MR) is 69.0 cm³/mol. The molecule has 1 N–H and O–H groups in total. The highest BCUT2D eigenvalue weighted by Crippen LogP contribution is 2.26. The highest BCUT2D eigenvalue weighted by molar-refractivity contribution is 5.48. The molecule has 0 spiro atoms. The minimum Gasteiger partial charge on any atom is -0.384 e. The van der Waals surface area contributed by atoms with Crippen molar-refractivity contribution in [3.63, 3.8) is 0 Å². The van der Waals surface area contributed by atoms with Crippen molar-refractivity contribution in [2.75, 3.05) is 19.0 Å². The smallest absolute Gasteiger partial charge is 0.147 e. The molecule has 1 aromatic carbocycles. The Morgan fingerprint density at radius 2 is 2.06 bits per heavy atom. The number of anilines is 1. The van der Waals surface area contributed by atoms with Gasteiger partial charge in [0.25, 0.3) is 0 Å². The van der Waals surface area contributed by atoms with Crippen LogP contribution in [0.15, 0.2) is 42.7 Å². The number of halogens is 1. The van der Waals surface area contributed by atoms with Gasteiger partial charge in [-0.3, -0.25) is 4.98 Å². The maximum Gasteiger partial charge on any atom is 0.147 e. The number of aromatic nitrogens is 1. The zero-order chi connectivity index (χ0) is 13.1. The zero-order valence-corrected chi connectivity index (χ0v) is 10.3. The lowest BCUT2D eigenvalue weighted by Gasteiger charge is -2.16. The third-order valence-corrected chi connectivity index (χ3v) is 2.80. The van der Waals surface area contributed by atoms with Crippen LogP contribution in [0.3, 0.4) is 0 Å². The second-order valence-corrected chi connectivity index (χ2v) is 4.29. The summed E-state index contributed by atoms with van der Waals surface area (Å²) in [5, 5.41) is 10.2. The number of aliphatic hydroxyl groups is 1. The van der Waals surface area contributed by atoms with Crippen molar-refractivity contribution in [2.24, 2.45) is 0 Å². The Labute approximate surface area is 106 Å². The summed E-state index contributed by atoms with van der Waals surface area (Å²) in [6, 6.07) is 8.87. The molecule has 94 valence electrons. The van der Waals surface area contributed by atoms with Crippen LogP contribution in [0.4, 0.5) is 10.1 Å². The Balaban J connectivity index is 2.37. The SMILES string of the molecule is CN(C)c1cccc(C(O)c2ccncc2F)c1. The number of hydrogen-bond acceptors (Lipinski definition) is 3. The lowest BCUT2D eigenvalue weighted by Crippen LogP contribution is -2.10. The summed E-state index contributed by atoms with van der Waals surface area (Å²) < 4.78 is 13.6. The Morgan fingerprint density at radius 1 is 1.28 bits per heavy atom. The summed E-state index contributed by atoms with van der Waals surface area (Å²) in [6.45, 7) is 0. The Bertz CT molecular complexity index is 543. The number of pyridine rings is 1. The van der Waals surface area contributed by atoms with E-state index in [0.29, 0.717) is 5.56 Å². The number of aliphatic hydroxyl groups excluding tert-OH is 1. The molecule has 0 aliphatic rings. The van der Waals surface area contributed by atoms with Gasteiger partial charge < -0.3 is 10.0 Å². The number of rotatable bonds is 3. The van der Waals surface area contributed by atoms with Crippen LogP contribution in [0.2, 0.25) is 0 Å². The van der Waals surface area contributed by atoms with Crippen molar-refractivity contribution in [1.29, 1.82) is 0 Å². The van der Waals surface area contributed by atoms with Crippen LogP contribution < -0.4 is 4.90 Å². The van der Waals surface area contributed by atoms with E-state index in [2.05, 4.69) is 4.98 Å². The molecular formula is C14H15FN2O. The number of nitrogens with zero attached hydrogens (tertiary/aromatic N) is 2. The molecule has 18 heavy (non-hydrogen) atoms. The highest BCUT2D eigenvalue weighted by atomic mass is 19.1. The van der Waals surface area contributed by atoms with Gasteiger partial charge in [0.15, 0.2) is 0 Å². The van der Waals surface area contributed by atoms with Gasteiger partial charge >= 0.3 is 0 Å². The summed E-state index contributed by atoms with van der Waals surface area (Å²) in [5.74, 6) is -0.500. The topological polar surface area (TPSA) is 36.4 Å². The van der Waals surface area contributed by atoms with E-state index in [1.807, 2.05) is 37.2 Å². The first kappa shape index (κ1) is 12.5. The normalized spacial score (nSPS) is 12.2. The number of benzene rings is 1. The van der Waals surface area contributed by atoms with Crippen molar-refractivity contribution in [3.8, 4) is 0 Å². The van der Waals surface area contributed by atoms with Crippen LogP contribution >= 0.6 is 0 Å². The maximum atomic E-state index is 13.6. The lowest BCUT2D eigenvalue weighted by atomic mass is 10.0. The molecule has 1 heterocycles. The van der Waals surface area contributed by atoms with E-state index in [0.717, 1.165) is 11.9 Å². The van der Waals surface area contributed by atoms with Gasteiger partial charge in [0.2, 0.25) is 0 Å². The van der Waals surface area contributed by atoms with Gasteiger partial charge in [-0.2, -0.15) is 0 Å². The molecule has 2 aromatic rings. The molecule has 0 saturated carbocycles. The largest absolute Gasteiger partial charge is 0.384 e. The Kier molecular flexibility index (Phi) is 3.58. The van der Waals surface area contributed by atoms with Crippen molar-refractivity contribution >= 4 is 5.69 Å². The van der Waals surface area contributed by atoms with Gasteiger partial charge in [-0.15, -0.1) is 0 Å². The molecule has 1 aromatic heterocycles. The molecule has 0 aliphatic carbocycles. The van der Waals surface area contributed by atoms with Crippen molar-refractivity contribution < 1.29 is 9.50 Å². The molecule has 1 atom stereocenters. The zero-order valence-electron chi connectivity index (χ0n) is 10.3. The molecule has 0 bridgehead atoms. The second-order valence-electron chi connectivity index (χ2n) is 4.29. The first-order valence-corrected chi connectivity index (χ1v) is 5.64. The molecule has 0 saturated heterocycles. The average molecular weight is 246 g/mol. The van der Waals surface area contributed by atoms with Crippen LogP contribution in [-0.2, 0) is 0 Å². The van der Waals surface area contributed by atoms with Gasteiger partial charge in [-0.25, -0.2) is 4.39 Å². The Hall–Kier alpha value is -1.94. The van der Waals surface area contributed by atoms with Crippen LogP contribution in [0, 0.1) is 5.82 Å². The molecule has 0 radical (unpaired) electrons. The third kappa shape index (κ3) is 2.49. The van der Waals surface area contributed by atoms with Gasteiger partial charge in [0.1, 0.15) is 11.9 Å². The molecule has 0 aliphatic heterocycles. The van der Waals surface area contributed by atoms with E-state index in [9.17, 15) is 9.50 Å². The summed E-state index contributed by atoms with van der Waals surface area (Å²) in [4.78, 5) is 5.60. The molecule has 0 amide bonds. The quantitative estimate of drug-likeness (QED) is 0.903. The summed E-state index contributed by atoms with van der Waals surface area (Å²) in [7, 11) is 3.83. The first-order chi connectivity index (χ1) is 8.59. The molecule has 2 rings (SSSR count). The van der Waals surface area contributed by atoms with Gasteiger partial charge in [-0.1, -0.05) is 12.1 Å². The maximum absolute atomic E-state index is 13.6. The summed E-state index contributed by atoms with van der Waals surface area (Å²) in [5.41, 5.74) is 1.85. The molecule has 1 unspecified atom stereocenters. The van der Waals surface area contributed by atoms with E-state index in [-0.39, 0.29) is 5.56 Å². The van der Waals surface area contributed by atoms with Gasteiger partial charge in [-0.05, 0) is 23.8 Å². The lowest BCUT2D eigenvalue weighted by molar-refractivity contribution is 0.214. The van der Waals surface area contributed by atoms with E-state index in [4.69, 9.17) is 0 Å². The minimum absolute atomic E-state index is 0.237. The average Bonchev–Trinajstić information content (AvgIpc) is 2.38. The predicted octanol–water partition coefficient (Wildman–Crippen LogP) is 2.37. The minimum atomic E-state index is -0.979. The Morgan fingerprint density at radius 3 is 2.72 bits per heavy atom. The van der Waals surface area contributed by atoms with Gasteiger partial charge in [0, 0.05) is 31.5 Å². The van der Waals surface area contributed by atoms with Gasteiger partial charge in [0.05, 0.1) is 6.20 Å². The van der Waals surface area contributed by atoms with E-state index < -0.39 is 11.9 Å². The standard InChI is InChI=1S/C14H15FN2O/c1-17(2)11-5-3-4-10(8-11)14(18)12-6-7-16-9-13(12)15/h3-9,14,18H,1-2H3. The fourth-order valence-corrected chi connectivity index (χ4v) is 1.76. The van der Waals surface area contributed by atoms with E-state index in [1.54, 1.807) is 6.07 Å². The molecule has 0 fully saturated rings. The van der Waals surface area contributed by atoms with Crippen molar-refractivity contribution in [2.45, 2.75) is 6.10 Å². The van der Waals surface area contributed by atoms with Crippen molar-refractivity contribution in [3.05, 3.63) is 59.7 Å². The monoisotopic (exact) mass is 246 g/mol. The fourth-order valence-electron chi connectivity index (χ4n) is 1.76. The molecule has 4 heteroatoms. The molecule has 3 nitrogen and oxygen atoms in total. The number of hydrogen-bond donors (Lipinski definition) is 1. The van der Waals surface area contributed by atoms with Crippen LogP contribution in [0.25, 0.3) is 0 Å². The summed E-state index contributed by atoms with van der Waals surface area (Å²) in [6.07, 6.45) is 1.60. The first-order valence-electron chi connectivity index (χ1n) is 5.64.